The van der Waals surface area contributed by atoms with Gasteiger partial charge in [-0.25, -0.2) is 0 Å². The fraction of sp³-hybridized carbons (Fsp3) is 0.413. The first-order valence-corrected chi connectivity index (χ1v) is 23.4. The van der Waals surface area contributed by atoms with Crippen molar-refractivity contribution in [3.63, 3.8) is 0 Å². The van der Waals surface area contributed by atoms with Gasteiger partial charge in [0.15, 0.2) is 5.60 Å². The SMILES string of the molecule is COc1ccc([Si](C)(C)[C@@H]2[C@@H](CC(=O)N(CCO)Cc3ccccc3)O[C@]3(C(=O)N(Cc4cccc(NC(=O)C5CCCNC5)c4)c4ccc(OC)cc43)[C@H]2C)cc1. The molecule has 0 bridgehead atoms. The number of carbonyl (C=O) groups is 3. The number of benzene rings is 4. The van der Waals surface area contributed by atoms with Crippen LogP contribution in [0.4, 0.5) is 11.4 Å². The van der Waals surface area contributed by atoms with Crippen LogP contribution in [0.5, 0.6) is 11.5 Å². The van der Waals surface area contributed by atoms with Gasteiger partial charge in [-0.15, -0.1) is 0 Å². The van der Waals surface area contributed by atoms with E-state index < -0.39 is 19.8 Å². The van der Waals surface area contributed by atoms with Gasteiger partial charge in [-0.2, -0.15) is 0 Å². The Kier molecular flexibility index (Phi) is 12.4. The minimum atomic E-state index is -2.55. The van der Waals surface area contributed by atoms with E-state index in [0.29, 0.717) is 24.5 Å². The summed E-state index contributed by atoms with van der Waals surface area (Å²) in [6, 6.07) is 31.2. The van der Waals surface area contributed by atoms with Crippen molar-refractivity contribution in [1.29, 1.82) is 0 Å². The number of methoxy groups -OCH3 is 2. The average molecular weight is 805 g/mol. The molecule has 3 amide bonds. The van der Waals surface area contributed by atoms with Gasteiger partial charge in [0, 0.05) is 36.8 Å². The Morgan fingerprint density at radius 1 is 0.966 bits per heavy atom. The third-order valence-electron chi connectivity index (χ3n) is 12.6. The van der Waals surface area contributed by atoms with Crippen molar-refractivity contribution in [3.8, 4) is 11.5 Å². The van der Waals surface area contributed by atoms with Gasteiger partial charge in [0.05, 0.1) is 59.6 Å². The average Bonchev–Trinajstić information content (AvgIpc) is 3.66. The molecule has 7 rings (SSSR count). The molecule has 3 heterocycles. The Bertz CT molecular complexity index is 2090. The maximum atomic E-state index is 15.4. The molecule has 0 aliphatic carbocycles. The van der Waals surface area contributed by atoms with Crippen molar-refractivity contribution >= 4 is 42.4 Å². The van der Waals surface area contributed by atoms with Crippen molar-refractivity contribution in [1.82, 2.24) is 10.2 Å². The largest absolute Gasteiger partial charge is 0.497 e. The molecular formula is C46H56N4O7Si. The molecule has 3 aliphatic rings. The molecule has 0 aromatic heterocycles. The van der Waals surface area contributed by atoms with E-state index in [-0.39, 0.29) is 61.2 Å². The van der Waals surface area contributed by atoms with E-state index in [0.717, 1.165) is 52.7 Å². The highest BCUT2D eigenvalue weighted by Crippen LogP contribution is 2.60. The zero-order chi connectivity index (χ0) is 41.0. The van der Waals surface area contributed by atoms with Gasteiger partial charge in [-0.3, -0.25) is 14.4 Å². The number of fused-ring (bicyclic) bond motifs is 2. The lowest BCUT2D eigenvalue weighted by atomic mass is 9.82. The summed E-state index contributed by atoms with van der Waals surface area (Å²) in [5.41, 5.74) is 2.36. The van der Waals surface area contributed by atoms with Crippen molar-refractivity contribution in [3.05, 3.63) is 114 Å². The second-order valence-corrected chi connectivity index (χ2v) is 21.1. The van der Waals surface area contributed by atoms with E-state index >= 15 is 4.79 Å². The number of aliphatic hydroxyl groups is 1. The molecule has 2 saturated heterocycles. The van der Waals surface area contributed by atoms with Gasteiger partial charge in [-0.05, 0) is 78.5 Å². The Labute approximate surface area is 342 Å². The number of anilines is 2. The van der Waals surface area contributed by atoms with Crippen LogP contribution in [-0.4, -0.2) is 82.4 Å². The Morgan fingerprint density at radius 2 is 1.69 bits per heavy atom. The van der Waals surface area contributed by atoms with Crippen LogP contribution in [-0.2, 0) is 37.8 Å². The summed E-state index contributed by atoms with van der Waals surface area (Å²) in [7, 11) is 0.706. The highest BCUT2D eigenvalue weighted by Gasteiger charge is 2.66. The molecule has 12 heteroatoms. The van der Waals surface area contributed by atoms with Gasteiger partial charge in [0.2, 0.25) is 11.8 Å². The summed E-state index contributed by atoms with van der Waals surface area (Å²) in [6.45, 7) is 8.86. The number of aliphatic hydroxyl groups excluding tert-OH is 1. The van der Waals surface area contributed by atoms with E-state index in [4.69, 9.17) is 14.2 Å². The van der Waals surface area contributed by atoms with Crippen LogP contribution >= 0.6 is 0 Å². The van der Waals surface area contributed by atoms with Gasteiger partial charge < -0.3 is 39.8 Å². The molecule has 306 valence electrons. The second kappa shape index (κ2) is 17.5. The summed E-state index contributed by atoms with van der Waals surface area (Å²) in [4.78, 5) is 46.5. The van der Waals surface area contributed by atoms with E-state index in [1.807, 2.05) is 84.9 Å². The summed E-state index contributed by atoms with van der Waals surface area (Å²) >= 11 is 0. The lowest BCUT2D eigenvalue weighted by Gasteiger charge is -2.37. The van der Waals surface area contributed by atoms with Crippen LogP contribution in [0, 0.1) is 11.8 Å². The van der Waals surface area contributed by atoms with Crippen LogP contribution < -0.4 is 30.2 Å². The molecule has 0 saturated carbocycles. The molecule has 4 aromatic carbocycles. The number of rotatable bonds is 14. The van der Waals surface area contributed by atoms with Gasteiger partial charge in [0.1, 0.15) is 11.5 Å². The minimum Gasteiger partial charge on any atom is -0.497 e. The molecule has 2 fully saturated rings. The number of carbonyl (C=O) groups excluding carboxylic acids is 3. The maximum Gasteiger partial charge on any atom is 0.264 e. The fourth-order valence-corrected chi connectivity index (χ4v) is 13.6. The topological polar surface area (TPSA) is 130 Å². The summed E-state index contributed by atoms with van der Waals surface area (Å²) < 4.78 is 18.5. The smallest absolute Gasteiger partial charge is 0.264 e. The van der Waals surface area contributed by atoms with Gasteiger partial charge >= 0.3 is 0 Å². The Balaban J connectivity index is 1.25. The molecule has 4 aromatic rings. The van der Waals surface area contributed by atoms with Gasteiger partial charge in [0.25, 0.3) is 5.91 Å². The third-order valence-corrected chi connectivity index (χ3v) is 16.9. The van der Waals surface area contributed by atoms with Crippen molar-refractivity contribution in [2.24, 2.45) is 11.8 Å². The van der Waals surface area contributed by atoms with Crippen LogP contribution in [0.25, 0.3) is 0 Å². The van der Waals surface area contributed by atoms with E-state index in [9.17, 15) is 14.7 Å². The number of hydrogen-bond acceptors (Lipinski definition) is 8. The number of piperidine rings is 1. The fourth-order valence-electron chi connectivity index (χ4n) is 9.54. The monoisotopic (exact) mass is 804 g/mol. The molecular weight excluding hydrogens is 749 g/mol. The summed E-state index contributed by atoms with van der Waals surface area (Å²) in [6.07, 6.45) is 1.24. The number of nitrogens with zero attached hydrogens (tertiary/aromatic N) is 2. The third kappa shape index (κ3) is 8.03. The first-order valence-electron chi connectivity index (χ1n) is 20.4. The van der Waals surface area contributed by atoms with Crippen molar-refractivity contribution in [2.45, 2.75) is 69.6 Å². The Morgan fingerprint density at radius 3 is 2.38 bits per heavy atom. The second-order valence-electron chi connectivity index (χ2n) is 16.4. The van der Waals surface area contributed by atoms with E-state index in [2.05, 4.69) is 42.8 Å². The molecule has 3 N–H and O–H groups in total. The molecule has 1 unspecified atom stereocenters. The molecule has 1 spiro atoms. The minimum absolute atomic E-state index is 0.0113. The highest BCUT2D eigenvalue weighted by molar-refractivity contribution is 6.91. The first-order chi connectivity index (χ1) is 28.0. The number of hydrogen-bond donors (Lipinski definition) is 3. The van der Waals surface area contributed by atoms with E-state index in [1.54, 1.807) is 24.0 Å². The number of amides is 3. The zero-order valence-corrected chi connectivity index (χ0v) is 35.2. The summed E-state index contributed by atoms with van der Waals surface area (Å²) in [5, 5.41) is 17.6. The molecule has 3 aliphatic heterocycles. The predicted molar refractivity (Wildman–Crippen MR) is 228 cm³/mol. The molecule has 5 atom stereocenters. The standard InChI is InChI=1S/C46H56N4O7Si/c1-31-43(58(4,5)38-19-16-36(55-2)17-20-38)41(27-42(52)49(23-24-51)29-32-11-7-6-8-12-32)57-46(31)39-26-37(56-3)18-21-40(39)50(45(46)54)30-33-13-9-15-35(25-33)48-44(53)34-14-10-22-47-28-34/h6-9,11-13,15-21,25-26,31,34,41,43,47,51H,10,14,22-24,27-30H2,1-5H3,(H,48,53)/t31-,34?,41+,43-,46+/m0/s1. The van der Waals surface area contributed by atoms with Crippen LogP contribution in [0.2, 0.25) is 18.6 Å². The summed E-state index contributed by atoms with van der Waals surface area (Å²) in [5.74, 6) is 0.577. The number of nitrogens with one attached hydrogen (secondary N) is 2. The highest BCUT2D eigenvalue weighted by atomic mass is 28.3. The van der Waals surface area contributed by atoms with Gasteiger partial charge in [-0.1, -0.05) is 79.8 Å². The maximum absolute atomic E-state index is 15.4. The zero-order valence-electron chi connectivity index (χ0n) is 34.2. The normalized spacial score (nSPS) is 22.8. The van der Waals surface area contributed by atoms with Crippen molar-refractivity contribution in [2.75, 3.05) is 50.7 Å². The van der Waals surface area contributed by atoms with E-state index in [1.165, 1.54) is 0 Å². The first kappa shape index (κ1) is 41.2. The van der Waals surface area contributed by atoms with Crippen LogP contribution in [0.1, 0.15) is 42.9 Å². The quantitative estimate of drug-likeness (QED) is 0.136. The van der Waals surface area contributed by atoms with Crippen LogP contribution in [0.15, 0.2) is 97.1 Å². The molecule has 58 heavy (non-hydrogen) atoms. The molecule has 0 radical (unpaired) electrons. The lowest BCUT2D eigenvalue weighted by Crippen LogP contribution is -2.52. The predicted octanol–water partition coefficient (Wildman–Crippen LogP) is 5.82. The lowest BCUT2D eigenvalue weighted by molar-refractivity contribution is -0.150. The molecule has 11 nitrogen and oxygen atoms in total. The van der Waals surface area contributed by atoms with Crippen molar-refractivity contribution < 1.29 is 33.7 Å². The number of ether oxygens (including phenoxy) is 3. The van der Waals surface area contributed by atoms with Crippen LogP contribution in [0.3, 0.4) is 0 Å². The Hall–Kier alpha value is -5.01.